The molecule has 0 bridgehead atoms. The largest absolute Gasteiger partial charge is 0.393 e. The highest BCUT2D eigenvalue weighted by Crippen LogP contribution is 2.57. The minimum atomic E-state index is -0.174. The quantitative estimate of drug-likeness (QED) is 0.687. The molecule has 0 spiro atoms. The topological polar surface area (TPSA) is 66.5 Å². The van der Waals surface area contributed by atoms with E-state index in [2.05, 4.69) is 19.9 Å². The number of aliphatic hydroxyl groups excluding tert-OH is 2. The van der Waals surface area contributed by atoms with Gasteiger partial charge in [0.25, 0.3) is 0 Å². The molecule has 0 aromatic carbocycles. The van der Waals surface area contributed by atoms with Crippen molar-refractivity contribution in [1.82, 2.24) is 0 Å². The van der Waals surface area contributed by atoms with Gasteiger partial charge in [0, 0.05) is 0 Å². The molecule has 3 aliphatic rings. The van der Waals surface area contributed by atoms with Crippen molar-refractivity contribution >= 4 is 0 Å². The van der Waals surface area contributed by atoms with Crippen LogP contribution < -0.4 is 5.73 Å². The van der Waals surface area contributed by atoms with E-state index in [1.807, 2.05) is 0 Å². The van der Waals surface area contributed by atoms with Crippen LogP contribution in [0.1, 0.15) is 71.6 Å². The molecule has 3 saturated carbocycles. The highest BCUT2D eigenvalue weighted by Gasteiger charge is 2.52. The van der Waals surface area contributed by atoms with E-state index in [-0.39, 0.29) is 17.6 Å². The number of hydrogen-bond donors (Lipinski definition) is 3. The Morgan fingerprint density at radius 1 is 1.21 bits per heavy atom. The van der Waals surface area contributed by atoms with Gasteiger partial charge in [0.05, 0.1) is 12.2 Å². The molecule has 3 aliphatic carbocycles. The highest BCUT2D eigenvalue weighted by atomic mass is 16.3. The Morgan fingerprint density at radius 3 is 2.71 bits per heavy atom. The standard InChI is InChI=1S/C21H37NO2/c1-3-4-14-5-6-18-17(14)7-8-19(20(18)24)21(2)11-9-16(23)13-15(21)10-12-22/h4,15-20,23-24H,3,5-13,22H2,1-2H3/t15-,16-,17?,18?,19?,20-,21-/m0/s1. The number of aliphatic hydroxyl groups is 2. The monoisotopic (exact) mass is 335 g/mol. The number of allylic oxidation sites excluding steroid dienone is 2. The molecule has 0 heterocycles. The van der Waals surface area contributed by atoms with Crippen molar-refractivity contribution in [2.45, 2.75) is 83.8 Å². The molecule has 3 rings (SSSR count). The van der Waals surface area contributed by atoms with E-state index < -0.39 is 0 Å². The van der Waals surface area contributed by atoms with Crippen LogP contribution in [0.25, 0.3) is 0 Å². The minimum Gasteiger partial charge on any atom is -0.393 e. The molecule has 0 saturated heterocycles. The molecule has 0 aromatic rings. The van der Waals surface area contributed by atoms with Gasteiger partial charge >= 0.3 is 0 Å². The van der Waals surface area contributed by atoms with Gasteiger partial charge < -0.3 is 15.9 Å². The lowest BCUT2D eigenvalue weighted by atomic mass is 9.53. The molecule has 0 radical (unpaired) electrons. The number of rotatable bonds is 4. The summed E-state index contributed by atoms with van der Waals surface area (Å²) in [5.74, 6) is 1.92. The average molecular weight is 336 g/mol. The van der Waals surface area contributed by atoms with Gasteiger partial charge in [-0.25, -0.2) is 0 Å². The van der Waals surface area contributed by atoms with Gasteiger partial charge in [-0.1, -0.05) is 25.5 Å². The second kappa shape index (κ2) is 7.47. The smallest absolute Gasteiger partial charge is 0.0607 e. The summed E-state index contributed by atoms with van der Waals surface area (Å²) in [6, 6.07) is 0. The van der Waals surface area contributed by atoms with Crippen molar-refractivity contribution in [3.8, 4) is 0 Å². The molecule has 138 valence electrons. The summed E-state index contributed by atoms with van der Waals surface area (Å²) in [5.41, 5.74) is 7.63. The third kappa shape index (κ3) is 3.20. The van der Waals surface area contributed by atoms with Crippen molar-refractivity contribution in [2.75, 3.05) is 6.54 Å². The van der Waals surface area contributed by atoms with Crippen LogP contribution >= 0.6 is 0 Å². The van der Waals surface area contributed by atoms with Crippen LogP contribution in [0.2, 0.25) is 0 Å². The summed E-state index contributed by atoms with van der Waals surface area (Å²) >= 11 is 0. The van der Waals surface area contributed by atoms with E-state index in [9.17, 15) is 10.2 Å². The summed E-state index contributed by atoms with van der Waals surface area (Å²) in [6.07, 6.45) is 11.7. The maximum Gasteiger partial charge on any atom is 0.0607 e. The second-order valence-electron chi connectivity index (χ2n) is 8.88. The van der Waals surface area contributed by atoms with Gasteiger partial charge in [-0.2, -0.15) is 0 Å². The zero-order chi connectivity index (χ0) is 17.3. The molecule has 24 heavy (non-hydrogen) atoms. The predicted molar refractivity (Wildman–Crippen MR) is 98.4 cm³/mol. The molecule has 0 amide bonds. The van der Waals surface area contributed by atoms with Crippen molar-refractivity contribution in [3.05, 3.63) is 11.6 Å². The lowest BCUT2D eigenvalue weighted by Gasteiger charge is -2.53. The highest BCUT2D eigenvalue weighted by molar-refractivity contribution is 5.17. The zero-order valence-corrected chi connectivity index (χ0v) is 15.6. The minimum absolute atomic E-state index is 0.139. The lowest BCUT2D eigenvalue weighted by Crippen LogP contribution is -2.51. The molecule has 3 heteroatoms. The first-order chi connectivity index (χ1) is 11.5. The second-order valence-corrected chi connectivity index (χ2v) is 8.88. The van der Waals surface area contributed by atoms with Gasteiger partial charge in [-0.05, 0) is 93.4 Å². The number of nitrogens with two attached hydrogens (primary N) is 1. The van der Waals surface area contributed by atoms with Gasteiger partial charge in [0.15, 0.2) is 0 Å². The fraction of sp³-hybridized carbons (Fsp3) is 0.905. The molecule has 7 atom stereocenters. The van der Waals surface area contributed by atoms with Gasteiger partial charge in [-0.15, -0.1) is 0 Å². The molecule has 0 aromatic heterocycles. The third-order valence-electron chi connectivity index (χ3n) is 7.73. The van der Waals surface area contributed by atoms with Crippen molar-refractivity contribution < 1.29 is 10.2 Å². The Balaban J connectivity index is 1.78. The summed E-state index contributed by atoms with van der Waals surface area (Å²) in [5, 5.41) is 21.4. The summed E-state index contributed by atoms with van der Waals surface area (Å²) in [4.78, 5) is 0. The first-order valence-corrected chi connectivity index (χ1v) is 10.3. The molecule has 4 N–H and O–H groups in total. The fourth-order valence-corrected chi connectivity index (χ4v) is 6.40. The normalized spacial score (nSPS) is 47.8. The number of fused-ring (bicyclic) bond motifs is 1. The fourth-order valence-electron chi connectivity index (χ4n) is 6.40. The summed E-state index contributed by atoms with van der Waals surface area (Å²) in [7, 11) is 0. The molecular weight excluding hydrogens is 298 g/mol. The van der Waals surface area contributed by atoms with Gasteiger partial charge in [0.2, 0.25) is 0 Å². The average Bonchev–Trinajstić information content (AvgIpc) is 2.96. The Kier molecular flexibility index (Phi) is 5.73. The van der Waals surface area contributed by atoms with E-state index >= 15 is 0 Å². The van der Waals surface area contributed by atoms with E-state index in [1.54, 1.807) is 5.57 Å². The van der Waals surface area contributed by atoms with Gasteiger partial charge in [-0.3, -0.25) is 0 Å². The summed E-state index contributed by atoms with van der Waals surface area (Å²) in [6.45, 7) is 5.28. The van der Waals surface area contributed by atoms with Crippen LogP contribution in [0.4, 0.5) is 0 Å². The Bertz CT molecular complexity index is 463. The van der Waals surface area contributed by atoms with Gasteiger partial charge in [0.1, 0.15) is 0 Å². The SMILES string of the molecule is CCC=C1CCC2C1CCC([C@@]1(C)CC[C@H](O)C[C@@H]1CCN)[C@H]2O. The van der Waals surface area contributed by atoms with E-state index in [1.165, 1.54) is 12.8 Å². The van der Waals surface area contributed by atoms with Crippen LogP contribution in [0, 0.1) is 29.1 Å². The maximum absolute atomic E-state index is 11.3. The summed E-state index contributed by atoms with van der Waals surface area (Å²) < 4.78 is 0. The Labute approximate surface area is 147 Å². The Hall–Kier alpha value is -0.380. The first-order valence-electron chi connectivity index (χ1n) is 10.3. The number of hydrogen-bond acceptors (Lipinski definition) is 3. The van der Waals surface area contributed by atoms with Crippen LogP contribution in [0.3, 0.4) is 0 Å². The van der Waals surface area contributed by atoms with E-state index in [4.69, 9.17) is 5.73 Å². The molecule has 3 nitrogen and oxygen atoms in total. The molecule has 3 fully saturated rings. The van der Waals surface area contributed by atoms with Crippen LogP contribution in [0.15, 0.2) is 11.6 Å². The van der Waals surface area contributed by atoms with Crippen LogP contribution in [-0.4, -0.2) is 29.0 Å². The molecule has 3 unspecified atom stereocenters. The predicted octanol–water partition coefficient (Wildman–Crippen LogP) is 3.64. The van der Waals surface area contributed by atoms with Crippen LogP contribution in [0.5, 0.6) is 0 Å². The lowest BCUT2D eigenvalue weighted by molar-refractivity contribution is -0.105. The van der Waals surface area contributed by atoms with Crippen molar-refractivity contribution in [2.24, 2.45) is 34.8 Å². The van der Waals surface area contributed by atoms with Crippen molar-refractivity contribution in [3.63, 3.8) is 0 Å². The molecule has 0 aliphatic heterocycles. The Morgan fingerprint density at radius 2 is 2.00 bits per heavy atom. The van der Waals surface area contributed by atoms with Crippen LogP contribution in [-0.2, 0) is 0 Å². The zero-order valence-electron chi connectivity index (χ0n) is 15.6. The van der Waals surface area contributed by atoms with E-state index in [0.717, 1.165) is 44.9 Å². The first kappa shape index (κ1) is 18.4. The molecular formula is C21H37NO2. The maximum atomic E-state index is 11.3. The van der Waals surface area contributed by atoms with Crippen molar-refractivity contribution in [1.29, 1.82) is 0 Å². The third-order valence-corrected chi connectivity index (χ3v) is 7.73. The van der Waals surface area contributed by atoms with E-state index in [0.29, 0.717) is 30.2 Å².